The molecule has 2 aromatic rings. The van der Waals surface area contributed by atoms with E-state index in [2.05, 4.69) is 45.7 Å². The lowest BCUT2D eigenvalue weighted by atomic mass is 9.62. The third-order valence-electron chi connectivity index (χ3n) is 11.2. The monoisotopic (exact) mass is 697 g/mol. The molecule has 2 bridgehead atoms. The second-order valence-corrected chi connectivity index (χ2v) is 16.7. The molecule has 3 heterocycles. The van der Waals surface area contributed by atoms with Crippen molar-refractivity contribution in [1.29, 1.82) is 0 Å². The predicted molar refractivity (Wildman–Crippen MR) is 188 cm³/mol. The molecule has 48 heavy (non-hydrogen) atoms. The van der Waals surface area contributed by atoms with Gasteiger partial charge in [0.2, 0.25) is 10.0 Å². The van der Waals surface area contributed by atoms with Crippen LogP contribution in [0.15, 0.2) is 48.6 Å². The highest BCUT2D eigenvalue weighted by molar-refractivity contribution is 7.90. The maximum absolute atomic E-state index is 13.3. The largest absolute Gasteiger partial charge is 0.490 e. The molecule has 7 rings (SSSR count). The van der Waals surface area contributed by atoms with Gasteiger partial charge in [0.05, 0.1) is 44.0 Å². The number of anilines is 1. The zero-order chi connectivity index (χ0) is 33.3. The Balaban J connectivity index is 1.23. The van der Waals surface area contributed by atoms with Gasteiger partial charge in [-0.1, -0.05) is 36.7 Å². The number of halogens is 1. The minimum absolute atomic E-state index is 0.0652. The Morgan fingerprint density at radius 3 is 2.81 bits per heavy atom. The highest BCUT2D eigenvalue weighted by Crippen LogP contribution is 2.48. The van der Waals surface area contributed by atoms with E-state index in [1.54, 1.807) is 6.07 Å². The fourth-order valence-corrected chi connectivity index (χ4v) is 9.94. The number of nitrogens with one attached hydrogen (secondary N) is 1. The molecule has 11 heteroatoms. The predicted octanol–water partition coefficient (Wildman–Crippen LogP) is 5.21. The van der Waals surface area contributed by atoms with Crippen LogP contribution in [0.2, 0.25) is 5.02 Å². The molecule has 1 amide bonds. The molecule has 3 aliphatic heterocycles. The molecule has 1 unspecified atom stereocenters. The number of sulfonamides is 1. The smallest absolute Gasteiger partial charge is 0.264 e. The molecule has 2 aliphatic carbocycles. The van der Waals surface area contributed by atoms with Crippen molar-refractivity contribution in [2.24, 2.45) is 17.8 Å². The maximum Gasteiger partial charge on any atom is 0.264 e. The number of hydrogen-bond donors (Lipinski definition) is 1. The molecule has 1 N–H and O–H groups in total. The standard InChI is InChI=1S/C37H48ClN3O6S/c1-26-20-29-23-41-24-37(12-5-6-27-21-30(38)9-10-31(27)37)25-47-33-11-8-28(22-32(33)41)36(42)39-48(43,44)19-4-2-3-7-34(35(26)29)46-18-15-40-13-16-45-17-14-40/h3,7-11,21-22,26,29,34-35H,2,4-6,12-20,23-25H2,1H3,(H,39,42)/t26-,29?,34-,35-,37+/m1/s1. The van der Waals surface area contributed by atoms with Crippen molar-refractivity contribution in [2.75, 3.05) is 69.8 Å². The number of rotatable bonds is 4. The first kappa shape index (κ1) is 33.8. The van der Waals surface area contributed by atoms with Crippen LogP contribution in [0.5, 0.6) is 5.75 Å². The molecule has 5 aliphatic rings. The lowest BCUT2D eigenvalue weighted by molar-refractivity contribution is -0.0581. The number of aryl methyl sites for hydroxylation is 1. The Morgan fingerprint density at radius 1 is 1.12 bits per heavy atom. The number of benzene rings is 2. The van der Waals surface area contributed by atoms with E-state index < -0.39 is 15.9 Å². The highest BCUT2D eigenvalue weighted by Gasteiger charge is 2.47. The van der Waals surface area contributed by atoms with Crippen LogP contribution in [0.1, 0.15) is 60.5 Å². The lowest BCUT2D eigenvalue weighted by Gasteiger charge is -2.49. The summed E-state index contributed by atoms with van der Waals surface area (Å²) in [6.07, 6.45) is 9.30. The van der Waals surface area contributed by atoms with Gasteiger partial charge in [-0.05, 0) is 97.7 Å². The lowest BCUT2D eigenvalue weighted by Crippen LogP contribution is -2.52. The van der Waals surface area contributed by atoms with Crippen LogP contribution in [0, 0.1) is 17.8 Å². The van der Waals surface area contributed by atoms with E-state index >= 15 is 0 Å². The Kier molecular flexibility index (Phi) is 10.1. The molecular formula is C37H48ClN3O6S. The first-order chi connectivity index (χ1) is 23.2. The molecular weight excluding hydrogens is 650 g/mol. The Bertz CT molecular complexity index is 1630. The number of carbonyl (C=O) groups is 1. The van der Waals surface area contributed by atoms with Crippen molar-refractivity contribution < 1.29 is 27.4 Å². The van der Waals surface area contributed by atoms with Gasteiger partial charge < -0.3 is 19.1 Å². The number of allylic oxidation sites excluding steroid dienone is 1. The third-order valence-corrected chi connectivity index (χ3v) is 12.7. The van der Waals surface area contributed by atoms with Crippen molar-refractivity contribution in [2.45, 2.75) is 57.0 Å². The van der Waals surface area contributed by atoms with Crippen LogP contribution >= 0.6 is 11.6 Å². The van der Waals surface area contributed by atoms with Gasteiger partial charge in [-0.3, -0.25) is 9.69 Å². The number of amides is 1. The second kappa shape index (κ2) is 14.3. The van der Waals surface area contributed by atoms with Crippen LogP contribution in [0.4, 0.5) is 5.69 Å². The number of fused-ring (bicyclic) bond motifs is 4. The van der Waals surface area contributed by atoms with E-state index in [0.717, 1.165) is 88.1 Å². The maximum atomic E-state index is 13.3. The molecule has 260 valence electrons. The molecule has 1 spiro atoms. The molecule has 0 radical (unpaired) electrons. The van der Waals surface area contributed by atoms with Crippen LogP contribution in [0.25, 0.3) is 0 Å². The number of morpholine rings is 1. The number of ether oxygens (including phenoxy) is 3. The number of carbonyl (C=O) groups excluding carboxylic acids is 1. The van der Waals surface area contributed by atoms with E-state index in [1.807, 2.05) is 18.2 Å². The fraction of sp³-hybridized carbons (Fsp3) is 0.595. The Morgan fingerprint density at radius 2 is 1.98 bits per heavy atom. The van der Waals surface area contributed by atoms with Gasteiger partial charge in [0.15, 0.2) is 0 Å². The van der Waals surface area contributed by atoms with E-state index in [4.69, 9.17) is 25.8 Å². The minimum Gasteiger partial charge on any atom is -0.490 e. The summed E-state index contributed by atoms with van der Waals surface area (Å²) in [5.41, 5.74) is 3.46. The Hall–Kier alpha value is -2.63. The molecule has 5 atom stereocenters. The summed E-state index contributed by atoms with van der Waals surface area (Å²) in [5.74, 6) is 1.16. The van der Waals surface area contributed by atoms with Gasteiger partial charge in [0.25, 0.3) is 5.91 Å². The van der Waals surface area contributed by atoms with Crippen LogP contribution in [0.3, 0.4) is 0 Å². The van der Waals surface area contributed by atoms with Gasteiger partial charge in [0, 0.05) is 48.7 Å². The summed E-state index contributed by atoms with van der Waals surface area (Å²) >= 11 is 6.46. The van der Waals surface area contributed by atoms with Gasteiger partial charge in [-0.15, -0.1) is 0 Å². The van der Waals surface area contributed by atoms with Crippen LogP contribution < -0.4 is 14.4 Å². The zero-order valence-corrected chi connectivity index (χ0v) is 29.4. The highest BCUT2D eigenvalue weighted by atomic mass is 35.5. The third kappa shape index (κ3) is 7.29. The summed E-state index contributed by atoms with van der Waals surface area (Å²) < 4.78 is 47.0. The minimum atomic E-state index is -3.80. The quantitative estimate of drug-likeness (QED) is 0.435. The van der Waals surface area contributed by atoms with Crippen molar-refractivity contribution in [3.8, 4) is 5.75 Å². The van der Waals surface area contributed by atoms with Crippen molar-refractivity contribution in [3.63, 3.8) is 0 Å². The van der Waals surface area contributed by atoms with E-state index in [-0.39, 0.29) is 17.3 Å². The van der Waals surface area contributed by atoms with Crippen molar-refractivity contribution >= 4 is 33.2 Å². The molecule has 1 saturated heterocycles. The van der Waals surface area contributed by atoms with Crippen molar-refractivity contribution in [1.82, 2.24) is 9.62 Å². The van der Waals surface area contributed by atoms with Gasteiger partial charge in [-0.25, -0.2) is 13.1 Å². The number of nitrogens with zero attached hydrogens (tertiary/aromatic N) is 2. The van der Waals surface area contributed by atoms with Crippen LogP contribution in [-0.4, -0.2) is 90.2 Å². The molecule has 0 aromatic heterocycles. The fourth-order valence-electron chi connectivity index (χ4n) is 8.70. The normalized spacial score (nSPS) is 30.7. The summed E-state index contributed by atoms with van der Waals surface area (Å²) in [6.45, 7) is 9.23. The van der Waals surface area contributed by atoms with Gasteiger partial charge in [0.1, 0.15) is 5.75 Å². The first-order valence-corrected chi connectivity index (χ1v) is 19.7. The summed E-state index contributed by atoms with van der Waals surface area (Å²) in [6, 6.07) is 11.6. The average Bonchev–Trinajstić information content (AvgIpc) is 3.20. The SMILES string of the molecule is C[C@@H]1CC2CN3C[C@@]4(CCCc5cc(Cl)ccc54)COc4ccc(cc43)C(=O)NS(=O)(=O)CCCC=C[C@@H](OCCN3CCOCC3)[C@@H]21. The van der Waals surface area contributed by atoms with Crippen molar-refractivity contribution in [3.05, 3.63) is 70.3 Å². The molecule has 9 nitrogen and oxygen atoms in total. The topological polar surface area (TPSA) is 97.4 Å². The van der Waals surface area contributed by atoms with E-state index in [9.17, 15) is 13.2 Å². The summed E-state index contributed by atoms with van der Waals surface area (Å²) in [5, 5.41) is 0.748. The first-order valence-electron chi connectivity index (χ1n) is 17.6. The van der Waals surface area contributed by atoms with E-state index in [0.29, 0.717) is 49.4 Å². The average molecular weight is 698 g/mol. The molecule has 2 aromatic carbocycles. The van der Waals surface area contributed by atoms with Gasteiger partial charge >= 0.3 is 0 Å². The summed E-state index contributed by atoms with van der Waals surface area (Å²) in [7, 11) is -3.80. The Labute approximate surface area is 290 Å². The zero-order valence-electron chi connectivity index (χ0n) is 27.9. The summed E-state index contributed by atoms with van der Waals surface area (Å²) in [4.78, 5) is 18.1. The second-order valence-electron chi connectivity index (χ2n) is 14.4. The van der Waals surface area contributed by atoms with Gasteiger partial charge in [-0.2, -0.15) is 0 Å². The van der Waals surface area contributed by atoms with E-state index in [1.165, 1.54) is 11.1 Å². The number of hydrogen-bond acceptors (Lipinski definition) is 8. The van der Waals surface area contributed by atoms with Crippen LogP contribution in [-0.2, 0) is 31.3 Å². The molecule has 2 fully saturated rings. The molecule has 1 saturated carbocycles.